The van der Waals surface area contributed by atoms with Gasteiger partial charge in [0.15, 0.2) is 0 Å². The fourth-order valence-corrected chi connectivity index (χ4v) is 2.88. The highest BCUT2D eigenvalue weighted by Crippen LogP contribution is 2.47. The van der Waals surface area contributed by atoms with E-state index in [-0.39, 0.29) is 6.61 Å². The molecule has 3 rings (SSSR count). The van der Waals surface area contributed by atoms with E-state index < -0.39 is 9.89 Å². The Bertz CT molecular complexity index is 649. The van der Waals surface area contributed by atoms with Crippen LogP contribution in [-0.4, -0.2) is 21.5 Å². The Morgan fingerprint density at radius 3 is 2.82 bits per heavy atom. The van der Waals surface area contributed by atoms with Gasteiger partial charge in [0.2, 0.25) is 3.79 Å². The van der Waals surface area contributed by atoms with Crippen LogP contribution in [0.2, 0.25) is 0 Å². The van der Waals surface area contributed by atoms with E-state index in [1.807, 2.05) is 19.1 Å². The van der Waals surface area contributed by atoms with E-state index in [2.05, 4.69) is 10.3 Å². The van der Waals surface area contributed by atoms with Crippen LogP contribution in [0.3, 0.4) is 0 Å². The van der Waals surface area contributed by atoms with Gasteiger partial charge in [-0.1, -0.05) is 40.9 Å². The van der Waals surface area contributed by atoms with Gasteiger partial charge in [-0.05, 0) is 38.2 Å². The molecular formula is C15H15Cl3N2O2. The third-order valence-electron chi connectivity index (χ3n) is 3.74. The molecule has 0 spiro atoms. The Balaban J connectivity index is 1.85. The number of nitrogens with zero attached hydrogens (tertiary/aromatic N) is 1. The number of alkyl halides is 3. The number of allylic oxidation sites excluding steroid dienone is 1. The molecule has 4 nitrogen and oxygen atoms in total. The van der Waals surface area contributed by atoms with Crippen molar-refractivity contribution in [3.63, 3.8) is 0 Å². The van der Waals surface area contributed by atoms with Gasteiger partial charge in [0.05, 0.1) is 11.4 Å². The number of halogens is 3. The fraction of sp³-hybridized carbons (Fsp3) is 0.467. The monoisotopic (exact) mass is 360 g/mol. The maximum atomic E-state index is 12.0. The van der Waals surface area contributed by atoms with E-state index in [0.717, 1.165) is 47.5 Å². The molecule has 1 saturated carbocycles. The van der Waals surface area contributed by atoms with Crippen molar-refractivity contribution >= 4 is 52.7 Å². The number of pyridine rings is 1. The van der Waals surface area contributed by atoms with Crippen molar-refractivity contribution in [3.05, 3.63) is 28.6 Å². The molecule has 2 aliphatic carbocycles. The molecule has 0 aromatic carbocycles. The molecular weight excluding hydrogens is 347 g/mol. The lowest BCUT2D eigenvalue weighted by molar-refractivity contribution is 0.164. The number of fused-ring (bicyclic) bond motifs is 1. The van der Waals surface area contributed by atoms with Gasteiger partial charge in [-0.3, -0.25) is 10.3 Å². The summed E-state index contributed by atoms with van der Waals surface area (Å²) in [7, 11) is 0. The molecule has 22 heavy (non-hydrogen) atoms. The second kappa shape index (κ2) is 5.91. The lowest BCUT2D eigenvalue weighted by Crippen LogP contribution is -2.22. The van der Waals surface area contributed by atoms with Gasteiger partial charge >= 0.3 is 6.09 Å². The first kappa shape index (κ1) is 15.9. The van der Waals surface area contributed by atoms with Gasteiger partial charge in [0, 0.05) is 16.8 Å². The summed E-state index contributed by atoms with van der Waals surface area (Å²) in [4.78, 5) is 16.6. The number of rotatable bonds is 3. The third-order valence-corrected chi connectivity index (χ3v) is 4.06. The van der Waals surface area contributed by atoms with Crippen molar-refractivity contribution < 1.29 is 9.53 Å². The minimum absolute atomic E-state index is 0.299. The Morgan fingerprint density at radius 1 is 1.45 bits per heavy atom. The van der Waals surface area contributed by atoms with Crippen molar-refractivity contribution in [2.75, 3.05) is 11.9 Å². The van der Waals surface area contributed by atoms with Crippen LogP contribution in [0.4, 0.5) is 10.5 Å². The second-order valence-corrected chi connectivity index (χ2v) is 8.06. The molecule has 0 saturated heterocycles. The van der Waals surface area contributed by atoms with Crippen molar-refractivity contribution in [1.82, 2.24) is 4.98 Å². The van der Waals surface area contributed by atoms with E-state index in [9.17, 15) is 4.79 Å². The quantitative estimate of drug-likeness (QED) is 0.790. The van der Waals surface area contributed by atoms with Crippen LogP contribution in [0.5, 0.6) is 0 Å². The number of aryl methyl sites for hydroxylation is 1. The summed E-state index contributed by atoms with van der Waals surface area (Å²) in [6.07, 6.45) is 6.37. The number of anilines is 1. The Kier molecular flexibility index (Phi) is 4.27. The van der Waals surface area contributed by atoms with Gasteiger partial charge in [-0.25, -0.2) is 4.79 Å². The Labute approximate surface area is 143 Å². The minimum atomic E-state index is -1.62. The zero-order chi connectivity index (χ0) is 15.9. The number of hydrogen-bond acceptors (Lipinski definition) is 3. The van der Waals surface area contributed by atoms with Crippen LogP contribution in [-0.2, 0) is 11.2 Å². The molecule has 1 N–H and O–H groups in total. The molecule has 1 fully saturated rings. The van der Waals surface area contributed by atoms with Crippen LogP contribution in [0.25, 0.3) is 6.08 Å². The highest BCUT2D eigenvalue weighted by atomic mass is 35.6. The summed E-state index contributed by atoms with van der Waals surface area (Å²) in [5, 5.41) is 2.83. The van der Waals surface area contributed by atoms with Crippen molar-refractivity contribution in [2.45, 2.75) is 35.9 Å². The van der Waals surface area contributed by atoms with Gasteiger partial charge < -0.3 is 4.74 Å². The summed E-state index contributed by atoms with van der Waals surface area (Å²) in [5.74, 6) is 0.460. The number of carbonyl (C=O) groups excluding carboxylic acids is 1. The van der Waals surface area contributed by atoms with Crippen LogP contribution in [0, 0.1) is 6.92 Å². The highest BCUT2D eigenvalue weighted by Gasteiger charge is 2.32. The number of carbonyl (C=O) groups is 1. The van der Waals surface area contributed by atoms with Crippen molar-refractivity contribution in [3.8, 4) is 0 Å². The summed E-state index contributed by atoms with van der Waals surface area (Å²) in [6.45, 7) is 1.67. The van der Waals surface area contributed by atoms with E-state index in [1.54, 1.807) is 0 Å². The first-order valence-corrected chi connectivity index (χ1v) is 8.19. The minimum Gasteiger partial charge on any atom is -0.445 e. The SMILES string of the molecule is Cc1nc2c(c(NC(=O)OCC(Cl)(Cl)Cl)c1C1CC1)CC=C2. The fourth-order valence-electron chi connectivity index (χ4n) is 2.71. The topological polar surface area (TPSA) is 51.2 Å². The maximum absolute atomic E-state index is 12.0. The molecule has 118 valence electrons. The molecule has 0 aliphatic heterocycles. The first-order chi connectivity index (χ1) is 10.3. The number of hydrogen-bond donors (Lipinski definition) is 1. The molecule has 0 unspecified atom stereocenters. The predicted molar refractivity (Wildman–Crippen MR) is 88.9 cm³/mol. The standard InChI is InChI=1S/C15H15Cl3N2O2/c1-8-12(9-5-6-9)13(10-3-2-4-11(10)19-8)20-14(21)22-7-15(16,17)18/h2,4,9H,3,5-7H2,1H3,(H,19,20,21). The molecule has 0 bridgehead atoms. The van der Waals surface area contributed by atoms with Gasteiger partial charge in [0.1, 0.15) is 6.61 Å². The smallest absolute Gasteiger partial charge is 0.411 e. The van der Waals surface area contributed by atoms with Crippen LogP contribution in [0.1, 0.15) is 41.3 Å². The van der Waals surface area contributed by atoms with Crippen LogP contribution in [0.15, 0.2) is 6.08 Å². The van der Waals surface area contributed by atoms with E-state index in [4.69, 9.17) is 39.5 Å². The Morgan fingerprint density at radius 2 is 2.18 bits per heavy atom. The Hall–Kier alpha value is -0.970. The van der Waals surface area contributed by atoms with Gasteiger partial charge in [0.25, 0.3) is 0 Å². The molecule has 1 aromatic rings. The largest absolute Gasteiger partial charge is 0.445 e. The van der Waals surface area contributed by atoms with E-state index >= 15 is 0 Å². The van der Waals surface area contributed by atoms with Crippen molar-refractivity contribution in [2.24, 2.45) is 0 Å². The van der Waals surface area contributed by atoms with Crippen LogP contribution >= 0.6 is 34.8 Å². The first-order valence-electron chi connectivity index (χ1n) is 7.05. The van der Waals surface area contributed by atoms with Gasteiger partial charge in [-0.15, -0.1) is 0 Å². The molecule has 1 aromatic heterocycles. The lowest BCUT2D eigenvalue weighted by Gasteiger charge is -2.18. The summed E-state index contributed by atoms with van der Waals surface area (Å²) in [5.41, 5.74) is 4.79. The number of amides is 1. The van der Waals surface area contributed by atoms with Crippen LogP contribution < -0.4 is 5.32 Å². The average molecular weight is 362 g/mol. The summed E-state index contributed by atoms with van der Waals surface area (Å²) in [6, 6.07) is 0. The number of ether oxygens (including phenoxy) is 1. The lowest BCUT2D eigenvalue weighted by atomic mass is 10.0. The molecule has 7 heteroatoms. The second-order valence-electron chi connectivity index (χ2n) is 5.55. The average Bonchev–Trinajstić information content (AvgIpc) is 3.13. The highest BCUT2D eigenvalue weighted by molar-refractivity contribution is 6.67. The molecule has 0 radical (unpaired) electrons. The maximum Gasteiger partial charge on any atom is 0.411 e. The molecule has 1 heterocycles. The van der Waals surface area contributed by atoms with E-state index in [0.29, 0.717) is 5.92 Å². The van der Waals surface area contributed by atoms with Gasteiger partial charge in [-0.2, -0.15) is 0 Å². The molecule has 0 atom stereocenters. The number of nitrogens with one attached hydrogen (secondary N) is 1. The normalized spacial score (nSPS) is 16.5. The zero-order valence-electron chi connectivity index (χ0n) is 12.0. The summed E-state index contributed by atoms with van der Waals surface area (Å²) < 4.78 is 3.36. The zero-order valence-corrected chi connectivity index (χ0v) is 14.2. The number of aromatic nitrogens is 1. The summed E-state index contributed by atoms with van der Waals surface area (Å²) >= 11 is 16.8. The predicted octanol–water partition coefficient (Wildman–Crippen LogP) is 4.76. The third kappa shape index (κ3) is 3.50. The van der Waals surface area contributed by atoms with E-state index in [1.165, 1.54) is 0 Å². The van der Waals surface area contributed by atoms with Crippen molar-refractivity contribution in [1.29, 1.82) is 0 Å². The molecule has 2 aliphatic rings. The molecule has 1 amide bonds.